The van der Waals surface area contributed by atoms with Gasteiger partial charge in [-0.05, 0) is 37.6 Å². The lowest BCUT2D eigenvalue weighted by Crippen LogP contribution is -2.20. The minimum absolute atomic E-state index is 0.174. The van der Waals surface area contributed by atoms with E-state index in [9.17, 15) is 4.79 Å². The van der Waals surface area contributed by atoms with Gasteiger partial charge in [0, 0.05) is 22.5 Å². The fourth-order valence-electron chi connectivity index (χ4n) is 3.99. The molecule has 3 aromatic carbocycles. The molecule has 0 spiro atoms. The van der Waals surface area contributed by atoms with Gasteiger partial charge < -0.3 is 0 Å². The summed E-state index contributed by atoms with van der Waals surface area (Å²) in [6, 6.07) is 27.6. The highest BCUT2D eigenvalue weighted by Gasteiger charge is 2.17. The summed E-state index contributed by atoms with van der Waals surface area (Å²) in [6.07, 6.45) is 0. The molecular formula is C28H24BrN5OS. The second kappa shape index (κ2) is 10.1. The standard InChI is InChI=1S/C28H24BrN5OS/c1-19(21-12-6-4-7-13-21)31-33-25(23-16-10-11-17-24(23)29)18-36-28(33)30-26-20(2)32(3)34(27(26)35)22-14-8-5-9-15-22/h4-18H,1-3H3. The van der Waals surface area contributed by atoms with E-state index in [4.69, 9.17) is 10.1 Å². The van der Waals surface area contributed by atoms with E-state index in [0.29, 0.717) is 10.5 Å². The Bertz CT molecular complexity index is 1690. The number of rotatable bonds is 5. The molecule has 0 saturated carbocycles. The first-order valence-electron chi connectivity index (χ1n) is 11.4. The van der Waals surface area contributed by atoms with Crippen LogP contribution in [-0.2, 0) is 7.05 Å². The van der Waals surface area contributed by atoms with Crippen molar-refractivity contribution in [2.75, 3.05) is 0 Å². The van der Waals surface area contributed by atoms with Crippen molar-refractivity contribution in [3.63, 3.8) is 0 Å². The molecule has 0 bridgehead atoms. The van der Waals surface area contributed by atoms with Crippen molar-refractivity contribution in [3.05, 3.63) is 121 Å². The molecule has 5 aromatic rings. The van der Waals surface area contributed by atoms with Gasteiger partial charge in [-0.25, -0.2) is 14.4 Å². The van der Waals surface area contributed by atoms with E-state index in [0.717, 1.165) is 38.4 Å². The molecule has 0 aliphatic rings. The average molecular weight is 559 g/mol. The number of thiazole rings is 1. The first-order chi connectivity index (χ1) is 17.5. The van der Waals surface area contributed by atoms with E-state index in [1.807, 2.05) is 121 Å². The number of nitrogens with zero attached hydrogens (tertiary/aromatic N) is 5. The largest absolute Gasteiger partial charge is 0.297 e. The van der Waals surface area contributed by atoms with Crippen LogP contribution in [0.25, 0.3) is 16.9 Å². The van der Waals surface area contributed by atoms with E-state index in [1.165, 1.54) is 11.3 Å². The van der Waals surface area contributed by atoms with Crippen molar-refractivity contribution in [2.24, 2.45) is 17.1 Å². The van der Waals surface area contributed by atoms with E-state index >= 15 is 0 Å². The molecule has 0 radical (unpaired) electrons. The van der Waals surface area contributed by atoms with E-state index < -0.39 is 0 Å². The minimum Gasteiger partial charge on any atom is -0.283 e. The van der Waals surface area contributed by atoms with Crippen molar-refractivity contribution in [3.8, 4) is 16.9 Å². The lowest BCUT2D eigenvalue weighted by atomic mass is 10.1. The topological polar surface area (TPSA) is 56.6 Å². The Labute approximate surface area is 221 Å². The monoisotopic (exact) mass is 557 g/mol. The first kappa shape index (κ1) is 24.0. The van der Waals surface area contributed by atoms with Gasteiger partial charge in [0.25, 0.3) is 5.56 Å². The summed E-state index contributed by atoms with van der Waals surface area (Å²) in [5.74, 6) is 0. The maximum atomic E-state index is 13.5. The summed E-state index contributed by atoms with van der Waals surface area (Å²) in [4.78, 5) is 19.0. The molecule has 0 aliphatic heterocycles. The van der Waals surface area contributed by atoms with Crippen LogP contribution >= 0.6 is 27.3 Å². The summed E-state index contributed by atoms with van der Waals surface area (Å²) in [7, 11) is 1.87. The van der Waals surface area contributed by atoms with Gasteiger partial charge >= 0.3 is 0 Å². The summed E-state index contributed by atoms with van der Waals surface area (Å²) in [6.45, 7) is 3.88. The molecule has 0 fully saturated rings. The van der Waals surface area contributed by atoms with Gasteiger partial charge in [-0.15, -0.1) is 11.3 Å². The number of hydrogen-bond acceptors (Lipinski definition) is 4. The normalized spacial score (nSPS) is 12.3. The summed E-state index contributed by atoms with van der Waals surface area (Å²) in [5.41, 5.74) is 5.52. The maximum absolute atomic E-state index is 13.5. The third-order valence-corrected chi connectivity index (χ3v) is 7.52. The molecule has 8 heteroatoms. The molecule has 2 aromatic heterocycles. The van der Waals surface area contributed by atoms with Gasteiger partial charge in [-0.1, -0.05) is 82.7 Å². The van der Waals surface area contributed by atoms with Crippen LogP contribution in [-0.4, -0.2) is 19.8 Å². The van der Waals surface area contributed by atoms with E-state index in [1.54, 1.807) is 4.68 Å². The molecule has 0 N–H and O–H groups in total. The summed E-state index contributed by atoms with van der Waals surface area (Å²) in [5, 5.41) is 6.99. The molecule has 2 heterocycles. The van der Waals surface area contributed by atoms with Crippen LogP contribution in [0.2, 0.25) is 0 Å². The molecule has 180 valence electrons. The van der Waals surface area contributed by atoms with Crippen LogP contribution in [0, 0.1) is 6.92 Å². The number of benzene rings is 3. The van der Waals surface area contributed by atoms with Gasteiger partial charge in [0.2, 0.25) is 4.80 Å². The van der Waals surface area contributed by atoms with Crippen molar-refractivity contribution in [2.45, 2.75) is 13.8 Å². The quantitative estimate of drug-likeness (QED) is 0.234. The van der Waals surface area contributed by atoms with E-state index in [-0.39, 0.29) is 5.56 Å². The van der Waals surface area contributed by atoms with E-state index in [2.05, 4.69) is 15.9 Å². The Morgan fingerprint density at radius 1 is 0.917 bits per heavy atom. The Kier molecular flexibility index (Phi) is 6.71. The molecular weight excluding hydrogens is 534 g/mol. The Morgan fingerprint density at radius 3 is 2.25 bits per heavy atom. The Hall–Kier alpha value is -3.75. The number of halogens is 1. The Balaban J connectivity index is 1.75. The molecule has 6 nitrogen and oxygen atoms in total. The fraction of sp³-hybridized carbons (Fsp3) is 0.107. The zero-order chi connectivity index (χ0) is 25.2. The lowest BCUT2D eigenvalue weighted by Gasteiger charge is -2.08. The molecule has 0 amide bonds. The van der Waals surface area contributed by atoms with Crippen LogP contribution in [0.5, 0.6) is 0 Å². The SMILES string of the molecule is CC(=Nn1c(-c2ccccc2Br)csc1=Nc1c(C)n(C)n(-c2ccccc2)c1=O)c1ccccc1. The van der Waals surface area contributed by atoms with Crippen LogP contribution in [0.3, 0.4) is 0 Å². The molecule has 5 rings (SSSR count). The predicted octanol–water partition coefficient (Wildman–Crippen LogP) is 6.28. The molecule has 0 unspecified atom stereocenters. The smallest absolute Gasteiger partial charge is 0.283 e. The van der Waals surface area contributed by atoms with Gasteiger partial charge in [0.05, 0.1) is 22.8 Å². The predicted molar refractivity (Wildman–Crippen MR) is 150 cm³/mol. The van der Waals surface area contributed by atoms with Crippen LogP contribution in [0.15, 0.2) is 110 Å². The van der Waals surface area contributed by atoms with Gasteiger partial charge in [-0.2, -0.15) is 5.10 Å². The third kappa shape index (κ3) is 4.45. The van der Waals surface area contributed by atoms with Crippen molar-refractivity contribution >= 4 is 38.7 Å². The van der Waals surface area contributed by atoms with Crippen molar-refractivity contribution in [1.82, 2.24) is 14.0 Å². The zero-order valence-electron chi connectivity index (χ0n) is 20.1. The third-order valence-electron chi connectivity index (χ3n) is 6.01. The van der Waals surface area contributed by atoms with Crippen LogP contribution in [0.1, 0.15) is 18.2 Å². The Morgan fingerprint density at radius 2 is 1.56 bits per heavy atom. The molecule has 36 heavy (non-hydrogen) atoms. The highest BCUT2D eigenvalue weighted by atomic mass is 79.9. The van der Waals surface area contributed by atoms with Crippen molar-refractivity contribution < 1.29 is 0 Å². The average Bonchev–Trinajstić information content (AvgIpc) is 3.38. The molecule has 0 aliphatic carbocycles. The molecule has 0 saturated heterocycles. The fourth-order valence-corrected chi connectivity index (χ4v) is 5.31. The van der Waals surface area contributed by atoms with Gasteiger partial charge in [0.15, 0.2) is 5.69 Å². The number of hydrogen-bond donors (Lipinski definition) is 0. The van der Waals surface area contributed by atoms with Gasteiger partial charge in [-0.3, -0.25) is 9.48 Å². The van der Waals surface area contributed by atoms with Crippen LogP contribution in [0.4, 0.5) is 5.69 Å². The second-order valence-electron chi connectivity index (χ2n) is 8.27. The van der Waals surface area contributed by atoms with Gasteiger partial charge in [0.1, 0.15) is 0 Å². The van der Waals surface area contributed by atoms with Crippen LogP contribution < -0.4 is 10.4 Å². The zero-order valence-corrected chi connectivity index (χ0v) is 22.5. The second-order valence-corrected chi connectivity index (χ2v) is 9.96. The first-order valence-corrected chi connectivity index (χ1v) is 13.1. The maximum Gasteiger partial charge on any atom is 0.297 e. The van der Waals surface area contributed by atoms with Crippen molar-refractivity contribution in [1.29, 1.82) is 0 Å². The summed E-state index contributed by atoms with van der Waals surface area (Å²) >= 11 is 5.12. The highest BCUT2D eigenvalue weighted by molar-refractivity contribution is 9.10. The lowest BCUT2D eigenvalue weighted by molar-refractivity contribution is 0.630. The highest BCUT2D eigenvalue weighted by Crippen LogP contribution is 2.29. The summed E-state index contributed by atoms with van der Waals surface area (Å²) < 4.78 is 6.25. The minimum atomic E-state index is -0.174. The number of para-hydroxylation sites is 1. The molecule has 0 atom stereocenters. The number of aromatic nitrogens is 3.